The largest absolute Gasteiger partial charge is 0.504 e. The lowest BCUT2D eigenvalue weighted by Gasteiger charge is -2.08. The summed E-state index contributed by atoms with van der Waals surface area (Å²) < 4.78 is 5.02. The minimum Gasteiger partial charge on any atom is -0.504 e. The fourth-order valence-electron chi connectivity index (χ4n) is 1.70. The molecule has 1 aliphatic rings. The van der Waals surface area contributed by atoms with Crippen LogP contribution in [0, 0.1) is 0 Å². The number of carbonyl (C=O) groups is 1. The highest BCUT2D eigenvalue weighted by Gasteiger charge is 2.34. The number of cyclic esters (lactones) is 1. The predicted molar refractivity (Wildman–Crippen MR) is 51.6 cm³/mol. The topological polar surface area (TPSA) is 92.8 Å². The molecule has 0 saturated heterocycles. The number of fused-ring (bicyclic) bond motifs is 1. The Kier molecular flexibility index (Phi) is 2.24. The number of benzene rings is 1. The van der Waals surface area contributed by atoms with Crippen LogP contribution in [-0.4, -0.2) is 22.7 Å². The van der Waals surface area contributed by atoms with Gasteiger partial charge in [0, 0.05) is 12.0 Å². The minimum absolute atomic E-state index is 0.0495. The van der Waals surface area contributed by atoms with E-state index in [9.17, 15) is 15.0 Å². The van der Waals surface area contributed by atoms with E-state index in [0.29, 0.717) is 18.5 Å². The minimum atomic E-state index is -0.614. The standard InChI is InChI=1S/C10H11NO4/c11-4-3-7-5-1-2-6(12)9(13)8(5)10(14)15-7/h1-2,7,12-13H,3-4,11H2/t7-/m1/s1. The molecule has 0 amide bonds. The Bertz CT molecular complexity index is 416. The van der Waals surface area contributed by atoms with E-state index < -0.39 is 17.8 Å². The number of rotatable bonds is 2. The third kappa shape index (κ3) is 1.41. The maximum Gasteiger partial charge on any atom is 0.343 e. The zero-order valence-electron chi connectivity index (χ0n) is 7.93. The van der Waals surface area contributed by atoms with Crippen LogP contribution in [0.1, 0.15) is 28.4 Å². The molecule has 0 fully saturated rings. The van der Waals surface area contributed by atoms with Crippen molar-refractivity contribution in [3.63, 3.8) is 0 Å². The molecule has 1 aromatic rings. The summed E-state index contributed by atoms with van der Waals surface area (Å²) in [5, 5.41) is 18.7. The number of esters is 1. The average molecular weight is 209 g/mol. The number of phenolic OH excluding ortho intramolecular Hbond substituents is 2. The second-order valence-electron chi connectivity index (χ2n) is 3.37. The van der Waals surface area contributed by atoms with Crippen molar-refractivity contribution < 1.29 is 19.7 Å². The fourth-order valence-corrected chi connectivity index (χ4v) is 1.70. The van der Waals surface area contributed by atoms with Gasteiger partial charge in [-0.05, 0) is 12.6 Å². The van der Waals surface area contributed by atoms with E-state index in [1.165, 1.54) is 6.07 Å². The molecule has 5 nitrogen and oxygen atoms in total. The van der Waals surface area contributed by atoms with Crippen molar-refractivity contribution >= 4 is 5.97 Å². The van der Waals surface area contributed by atoms with E-state index in [1.54, 1.807) is 6.07 Å². The van der Waals surface area contributed by atoms with Crippen LogP contribution >= 0.6 is 0 Å². The van der Waals surface area contributed by atoms with E-state index in [2.05, 4.69) is 0 Å². The Morgan fingerprint density at radius 2 is 2.13 bits per heavy atom. The van der Waals surface area contributed by atoms with Crippen LogP contribution in [0.2, 0.25) is 0 Å². The van der Waals surface area contributed by atoms with E-state index in [0.717, 1.165) is 0 Å². The van der Waals surface area contributed by atoms with E-state index in [-0.39, 0.29) is 11.3 Å². The van der Waals surface area contributed by atoms with Gasteiger partial charge in [0.2, 0.25) is 0 Å². The molecule has 0 unspecified atom stereocenters. The van der Waals surface area contributed by atoms with Gasteiger partial charge >= 0.3 is 5.97 Å². The van der Waals surface area contributed by atoms with Crippen LogP contribution in [0.4, 0.5) is 0 Å². The molecule has 4 N–H and O–H groups in total. The number of aromatic hydroxyl groups is 2. The number of ether oxygens (including phenoxy) is 1. The molecule has 1 heterocycles. The summed E-state index contributed by atoms with van der Waals surface area (Å²) in [6, 6.07) is 2.90. The molecule has 1 aliphatic heterocycles. The lowest BCUT2D eigenvalue weighted by atomic mass is 10.0. The summed E-state index contributed by atoms with van der Waals surface area (Å²) in [4.78, 5) is 11.4. The number of phenols is 2. The van der Waals surface area contributed by atoms with Gasteiger partial charge in [0.05, 0.1) is 0 Å². The highest BCUT2D eigenvalue weighted by molar-refractivity contribution is 5.97. The van der Waals surface area contributed by atoms with Gasteiger partial charge in [-0.15, -0.1) is 0 Å². The highest BCUT2D eigenvalue weighted by Crippen LogP contribution is 2.41. The predicted octanol–water partition coefficient (Wildman–Crippen LogP) is 0.658. The molecule has 0 radical (unpaired) electrons. The van der Waals surface area contributed by atoms with Gasteiger partial charge in [-0.2, -0.15) is 0 Å². The SMILES string of the molecule is NCC[C@H]1OC(=O)c2c1ccc(O)c2O. The van der Waals surface area contributed by atoms with Gasteiger partial charge in [0.15, 0.2) is 11.5 Å². The molecule has 0 saturated carbocycles. The fraction of sp³-hybridized carbons (Fsp3) is 0.300. The monoisotopic (exact) mass is 209 g/mol. The molecule has 0 bridgehead atoms. The van der Waals surface area contributed by atoms with Gasteiger partial charge in [0.25, 0.3) is 0 Å². The molecular weight excluding hydrogens is 198 g/mol. The average Bonchev–Trinajstić information content (AvgIpc) is 2.51. The number of carbonyl (C=O) groups excluding carboxylic acids is 1. The van der Waals surface area contributed by atoms with Crippen LogP contribution in [-0.2, 0) is 4.74 Å². The van der Waals surface area contributed by atoms with Crippen molar-refractivity contribution in [2.45, 2.75) is 12.5 Å². The smallest absolute Gasteiger partial charge is 0.343 e. The second-order valence-corrected chi connectivity index (χ2v) is 3.37. The van der Waals surface area contributed by atoms with E-state index >= 15 is 0 Å². The van der Waals surface area contributed by atoms with Gasteiger partial charge in [-0.25, -0.2) is 4.79 Å². The van der Waals surface area contributed by atoms with Crippen LogP contribution in [0.15, 0.2) is 12.1 Å². The summed E-state index contributed by atoms with van der Waals surface area (Å²) in [6.45, 7) is 0.388. The number of hydrogen-bond donors (Lipinski definition) is 3. The van der Waals surface area contributed by atoms with Crippen molar-refractivity contribution in [3.8, 4) is 11.5 Å². The van der Waals surface area contributed by atoms with Gasteiger partial charge in [-0.1, -0.05) is 6.07 Å². The Balaban J connectivity index is 2.50. The van der Waals surface area contributed by atoms with E-state index in [4.69, 9.17) is 10.5 Å². The Morgan fingerprint density at radius 1 is 1.40 bits per heavy atom. The van der Waals surface area contributed by atoms with Gasteiger partial charge in [-0.3, -0.25) is 0 Å². The number of hydrogen-bond acceptors (Lipinski definition) is 5. The second kappa shape index (κ2) is 3.43. The molecule has 15 heavy (non-hydrogen) atoms. The first kappa shape index (κ1) is 9.79. The third-order valence-electron chi connectivity index (χ3n) is 2.42. The molecule has 0 aliphatic carbocycles. The van der Waals surface area contributed by atoms with Crippen molar-refractivity contribution in [3.05, 3.63) is 23.3 Å². The lowest BCUT2D eigenvalue weighted by Crippen LogP contribution is -2.06. The van der Waals surface area contributed by atoms with Crippen LogP contribution < -0.4 is 5.73 Å². The first-order chi connectivity index (χ1) is 7.15. The molecule has 1 atom stereocenters. The quantitative estimate of drug-likeness (QED) is 0.491. The van der Waals surface area contributed by atoms with Crippen LogP contribution in [0.3, 0.4) is 0 Å². The van der Waals surface area contributed by atoms with Gasteiger partial charge < -0.3 is 20.7 Å². The zero-order valence-corrected chi connectivity index (χ0v) is 7.93. The maximum absolute atomic E-state index is 11.4. The summed E-state index contributed by atoms with van der Waals surface area (Å²) in [5.74, 6) is -1.35. The molecule has 5 heteroatoms. The maximum atomic E-state index is 11.4. The van der Waals surface area contributed by atoms with Gasteiger partial charge in [0.1, 0.15) is 11.7 Å². The Labute approximate surface area is 86.1 Å². The summed E-state index contributed by atoms with van der Waals surface area (Å²) in [5.41, 5.74) is 6.01. The number of nitrogens with two attached hydrogens (primary N) is 1. The molecule has 0 spiro atoms. The molecule has 2 rings (SSSR count). The van der Waals surface area contributed by atoms with Crippen LogP contribution in [0.5, 0.6) is 11.5 Å². The summed E-state index contributed by atoms with van der Waals surface area (Å²) >= 11 is 0. The summed E-state index contributed by atoms with van der Waals surface area (Å²) in [6.07, 6.45) is 0.0900. The molecule has 1 aromatic carbocycles. The van der Waals surface area contributed by atoms with Crippen LogP contribution in [0.25, 0.3) is 0 Å². The molecular formula is C10H11NO4. The third-order valence-corrected chi connectivity index (χ3v) is 2.42. The lowest BCUT2D eigenvalue weighted by molar-refractivity contribution is 0.0372. The zero-order chi connectivity index (χ0) is 11.0. The summed E-state index contributed by atoms with van der Waals surface area (Å²) in [7, 11) is 0. The molecule has 0 aromatic heterocycles. The van der Waals surface area contributed by atoms with Crippen molar-refractivity contribution in [1.29, 1.82) is 0 Å². The highest BCUT2D eigenvalue weighted by atomic mass is 16.5. The normalized spacial score (nSPS) is 18.7. The van der Waals surface area contributed by atoms with Crippen molar-refractivity contribution in [2.24, 2.45) is 5.73 Å². The first-order valence-corrected chi connectivity index (χ1v) is 4.61. The van der Waals surface area contributed by atoms with E-state index in [1.807, 2.05) is 0 Å². The van der Waals surface area contributed by atoms with Crippen molar-refractivity contribution in [2.75, 3.05) is 6.54 Å². The Morgan fingerprint density at radius 3 is 2.80 bits per heavy atom. The first-order valence-electron chi connectivity index (χ1n) is 4.61. The molecule has 80 valence electrons. The van der Waals surface area contributed by atoms with Crippen molar-refractivity contribution in [1.82, 2.24) is 0 Å². The Hall–Kier alpha value is -1.75.